The lowest BCUT2D eigenvalue weighted by Gasteiger charge is -2.09. The molecule has 0 aromatic heterocycles. The summed E-state index contributed by atoms with van der Waals surface area (Å²) in [5.41, 5.74) is 2.32. The number of benzene rings is 1. The molecule has 1 aliphatic rings. The van der Waals surface area contributed by atoms with Crippen LogP contribution in [-0.2, 0) is 0 Å². The van der Waals surface area contributed by atoms with Gasteiger partial charge >= 0.3 is 0 Å². The quantitative estimate of drug-likeness (QED) is 0.750. The average molecular weight is 176 g/mol. The Morgan fingerprint density at radius 2 is 1.92 bits per heavy atom. The zero-order valence-electron chi connectivity index (χ0n) is 8.03. The molecule has 13 heavy (non-hydrogen) atoms. The first-order valence-electron chi connectivity index (χ1n) is 5.00. The molecule has 2 rings (SSSR count). The standard InChI is InChI=1S/C12H16O/c1-9-2-6-11(7-3-9)12(13)8-10-4-5-10/h2-3,6-7,10,12-13H,4-5,8H2,1H3. The van der Waals surface area contributed by atoms with Crippen molar-refractivity contribution >= 4 is 0 Å². The Morgan fingerprint density at radius 1 is 1.31 bits per heavy atom. The Labute approximate surface area is 79.4 Å². The molecule has 1 heteroatoms. The van der Waals surface area contributed by atoms with Crippen LogP contribution in [0.5, 0.6) is 0 Å². The highest BCUT2D eigenvalue weighted by Crippen LogP contribution is 2.37. The van der Waals surface area contributed by atoms with Crippen molar-refractivity contribution in [2.24, 2.45) is 5.92 Å². The normalized spacial score (nSPS) is 18.6. The maximum atomic E-state index is 9.82. The van der Waals surface area contributed by atoms with Gasteiger partial charge in [-0.25, -0.2) is 0 Å². The molecular formula is C12H16O. The van der Waals surface area contributed by atoms with E-state index in [2.05, 4.69) is 19.1 Å². The predicted molar refractivity (Wildman–Crippen MR) is 53.5 cm³/mol. The van der Waals surface area contributed by atoms with Crippen molar-refractivity contribution in [3.63, 3.8) is 0 Å². The molecule has 0 heterocycles. The van der Waals surface area contributed by atoms with Crippen LogP contribution in [-0.4, -0.2) is 5.11 Å². The van der Waals surface area contributed by atoms with Gasteiger partial charge in [0, 0.05) is 0 Å². The molecule has 0 aliphatic heterocycles. The molecule has 1 saturated carbocycles. The van der Waals surface area contributed by atoms with Gasteiger partial charge in [-0.05, 0) is 24.8 Å². The zero-order valence-corrected chi connectivity index (χ0v) is 8.03. The van der Waals surface area contributed by atoms with Gasteiger partial charge in [0.2, 0.25) is 0 Å². The molecule has 70 valence electrons. The van der Waals surface area contributed by atoms with Crippen molar-refractivity contribution < 1.29 is 5.11 Å². The predicted octanol–water partition coefficient (Wildman–Crippen LogP) is 2.83. The van der Waals surface area contributed by atoms with Gasteiger partial charge in [-0.2, -0.15) is 0 Å². The maximum Gasteiger partial charge on any atom is 0.0792 e. The molecule has 1 atom stereocenters. The Bertz CT molecular complexity index is 272. The highest BCUT2D eigenvalue weighted by atomic mass is 16.3. The van der Waals surface area contributed by atoms with E-state index in [0.29, 0.717) is 0 Å². The Balaban J connectivity index is 2.01. The van der Waals surface area contributed by atoms with Gasteiger partial charge in [0.25, 0.3) is 0 Å². The van der Waals surface area contributed by atoms with Crippen molar-refractivity contribution in [2.75, 3.05) is 0 Å². The summed E-state index contributed by atoms with van der Waals surface area (Å²) < 4.78 is 0. The molecule has 0 bridgehead atoms. The van der Waals surface area contributed by atoms with E-state index >= 15 is 0 Å². The third-order valence-corrected chi connectivity index (χ3v) is 2.72. The molecule has 0 radical (unpaired) electrons. The minimum absolute atomic E-state index is 0.243. The van der Waals surface area contributed by atoms with Crippen LogP contribution in [0, 0.1) is 12.8 Å². The van der Waals surface area contributed by atoms with Crippen LogP contribution in [0.25, 0.3) is 0 Å². The minimum Gasteiger partial charge on any atom is -0.388 e. The Kier molecular flexibility index (Phi) is 2.36. The van der Waals surface area contributed by atoms with E-state index in [0.717, 1.165) is 17.9 Å². The SMILES string of the molecule is Cc1ccc(C(O)CC2CC2)cc1. The van der Waals surface area contributed by atoms with Crippen molar-refractivity contribution in [3.05, 3.63) is 35.4 Å². The van der Waals surface area contributed by atoms with E-state index in [-0.39, 0.29) is 6.10 Å². The first kappa shape index (κ1) is 8.76. The third-order valence-electron chi connectivity index (χ3n) is 2.72. The number of rotatable bonds is 3. The van der Waals surface area contributed by atoms with E-state index in [1.165, 1.54) is 18.4 Å². The number of hydrogen-bond donors (Lipinski definition) is 1. The van der Waals surface area contributed by atoms with Gasteiger partial charge in [-0.3, -0.25) is 0 Å². The van der Waals surface area contributed by atoms with E-state index in [1.807, 2.05) is 12.1 Å². The molecule has 1 aliphatic carbocycles. The van der Waals surface area contributed by atoms with E-state index in [1.54, 1.807) is 0 Å². The summed E-state index contributed by atoms with van der Waals surface area (Å²) in [6, 6.07) is 8.18. The number of aliphatic hydroxyl groups excluding tert-OH is 1. The van der Waals surface area contributed by atoms with Gasteiger partial charge in [0.1, 0.15) is 0 Å². The van der Waals surface area contributed by atoms with E-state index in [9.17, 15) is 5.11 Å². The Hall–Kier alpha value is -0.820. The lowest BCUT2D eigenvalue weighted by atomic mass is 10.0. The zero-order chi connectivity index (χ0) is 9.26. The fourth-order valence-electron chi connectivity index (χ4n) is 1.59. The van der Waals surface area contributed by atoms with Gasteiger partial charge in [-0.15, -0.1) is 0 Å². The highest BCUT2D eigenvalue weighted by molar-refractivity contribution is 5.23. The summed E-state index contributed by atoms with van der Waals surface area (Å²) in [6.45, 7) is 2.07. The molecule has 0 saturated heterocycles. The van der Waals surface area contributed by atoms with Crippen molar-refractivity contribution in [2.45, 2.75) is 32.3 Å². The smallest absolute Gasteiger partial charge is 0.0792 e. The van der Waals surface area contributed by atoms with Crippen LogP contribution in [0.3, 0.4) is 0 Å². The first-order valence-corrected chi connectivity index (χ1v) is 5.00. The topological polar surface area (TPSA) is 20.2 Å². The van der Waals surface area contributed by atoms with Gasteiger partial charge in [0.15, 0.2) is 0 Å². The Morgan fingerprint density at radius 3 is 2.46 bits per heavy atom. The monoisotopic (exact) mass is 176 g/mol. The minimum atomic E-state index is -0.243. The lowest BCUT2D eigenvalue weighted by Crippen LogP contribution is -1.97. The fraction of sp³-hybridized carbons (Fsp3) is 0.500. The molecule has 0 amide bonds. The second kappa shape index (κ2) is 3.51. The molecule has 0 spiro atoms. The van der Waals surface area contributed by atoms with E-state index < -0.39 is 0 Å². The van der Waals surface area contributed by atoms with Crippen molar-refractivity contribution in [1.82, 2.24) is 0 Å². The van der Waals surface area contributed by atoms with Gasteiger partial charge in [0.05, 0.1) is 6.10 Å². The summed E-state index contributed by atoms with van der Waals surface area (Å²) in [7, 11) is 0. The second-order valence-corrected chi connectivity index (χ2v) is 4.11. The van der Waals surface area contributed by atoms with Crippen LogP contribution in [0.1, 0.15) is 36.5 Å². The summed E-state index contributed by atoms with van der Waals surface area (Å²) in [6.07, 6.45) is 3.32. The average Bonchev–Trinajstić information content (AvgIpc) is 2.89. The summed E-state index contributed by atoms with van der Waals surface area (Å²) in [5, 5.41) is 9.82. The third kappa shape index (κ3) is 2.31. The summed E-state index contributed by atoms with van der Waals surface area (Å²) >= 11 is 0. The van der Waals surface area contributed by atoms with Crippen LogP contribution in [0.2, 0.25) is 0 Å². The molecule has 1 fully saturated rings. The molecule has 1 N–H and O–H groups in total. The van der Waals surface area contributed by atoms with Crippen LogP contribution < -0.4 is 0 Å². The second-order valence-electron chi connectivity index (χ2n) is 4.11. The van der Waals surface area contributed by atoms with Crippen molar-refractivity contribution in [1.29, 1.82) is 0 Å². The number of hydrogen-bond acceptors (Lipinski definition) is 1. The van der Waals surface area contributed by atoms with E-state index in [4.69, 9.17) is 0 Å². The molecule has 1 aromatic carbocycles. The molecule has 1 unspecified atom stereocenters. The summed E-state index contributed by atoms with van der Waals surface area (Å²) in [4.78, 5) is 0. The highest BCUT2D eigenvalue weighted by Gasteiger charge is 2.24. The molecule has 1 nitrogen and oxygen atoms in total. The summed E-state index contributed by atoms with van der Waals surface area (Å²) in [5.74, 6) is 0.788. The molecule has 1 aromatic rings. The van der Waals surface area contributed by atoms with Gasteiger partial charge in [-0.1, -0.05) is 42.7 Å². The molecular weight excluding hydrogens is 160 g/mol. The van der Waals surface area contributed by atoms with Crippen LogP contribution in [0.4, 0.5) is 0 Å². The number of aryl methyl sites for hydroxylation is 1. The first-order chi connectivity index (χ1) is 6.25. The number of aliphatic hydroxyl groups is 1. The van der Waals surface area contributed by atoms with Crippen LogP contribution in [0.15, 0.2) is 24.3 Å². The van der Waals surface area contributed by atoms with Crippen molar-refractivity contribution in [3.8, 4) is 0 Å². The largest absolute Gasteiger partial charge is 0.388 e. The fourth-order valence-corrected chi connectivity index (χ4v) is 1.59. The van der Waals surface area contributed by atoms with Crippen LogP contribution >= 0.6 is 0 Å². The maximum absolute atomic E-state index is 9.82. The van der Waals surface area contributed by atoms with Gasteiger partial charge < -0.3 is 5.11 Å². The lowest BCUT2D eigenvalue weighted by molar-refractivity contribution is 0.160.